The molecule has 18 heavy (non-hydrogen) atoms. The van der Waals surface area contributed by atoms with Crippen LogP contribution in [0.25, 0.3) is 10.1 Å². The molecule has 2 aromatic rings. The minimum absolute atomic E-state index is 0.0875. The van der Waals surface area contributed by atoms with Gasteiger partial charge in [0.1, 0.15) is 0 Å². The molecule has 0 spiro atoms. The second-order valence-corrected chi connectivity index (χ2v) is 5.64. The van der Waals surface area contributed by atoms with E-state index in [2.05, 4.69) is 17.5 Å². The van der Waals surface area contributed by atoms with Crippen LogP contribution < -0.4 is 5.73 Å². The molecule has 3 nitrogen and oxygen atoms in total. The second-order valence-electron chi connectivity index (χ2n) is 4.73. The molecule has 2 atom stereocenters. The predicted molar refractivity (Wildman–Crippen MR) is 74.8 cm³/mol. The first-order valence-corrected chi connectivity index (χ1v) is 6.89. The van der Waals surface area contributed by atoms with E-state index in [1.54, 1.807) is 11.3 Å². The van der Waals surface area contributed by atoms with E-state index >= 15 is 0 Å². The molecule has 0 saturated heterocycles. The number of carboxylic acid groups (broad SMARTS) is 1. The van der Waals surface area contributed by atoms with E-state index in [1.165, 1.54) is 10.1 Å². The summed E-state index contributed by atoms with van der Waals surface area (Å²) >= 11 is 1.69. The average molecular weight is 263 g/mol. The SMILES string of the molecule is CC(CC(=O)O)CC(N)c1csc2ccccc12. The molecule has 0 saturated carbocycles. The zero-order valence-electron chi connectivity index (χ0n) is 10.3. The van der Waals surface area contributed by atoms with Crippen molar-refractivity contribution in [1.82, 2.24) is 0 Å². The van der Waals surface area contributed by atoms with Crippen molar-refractivity contribution in [3.8, 4) is 0 Å². The number of nitrogens with two attached hydrogens (primary N) is 1. The van der Waals surface area contributed by atoms with E-state index in [9.17, 15) is 4.79 Å². The van der Waals surface area contributed by atoms with Crippen LogP contribution in [0.2, 0.25) is 0 Å². The zero-order chi connectivity index (χ0) is 13.1. The van der Waals surface area contributed by atoms with Crippen LogP contribution in [-0.4, -0.2) is 11.1 Å². The Balaban J connectivity index is 2.13. The van der Waals surface area contributed by atoms with Crippen molar-refractivity contribution in [2.24, 2.45) is 11.7 Å². The Labute approximate surface area is 110 Å². The van der Waals surface area contributed by atoms with Gasteiger partial charge in [-0.3, -0.25) is 4.79 Å². The summed E-state index contributed by atoms with van der Waals surface area (Å²) in [7, 11) is 0. The van der Waals surface area contributed by atoms with Gasteiger partial charge in [-0.15, -0.1) is 11.3 Å². The van der Waals surface area contributed by atoms with Gasteiger partial charge in [-0.05, 0) is 34.7 Å². The molecule has 0 amide bonds. The average Bonchev–Trinajstić information content (AvgIpc) is 2.71. The third-order valence-corrected chi connectivity index (χ3v) is 4.07. The van der Waals surface area contributed by atoms with Gasteiger partial charge in [0.2, 0.25) is 0 Å². The number of hydrogen-bond donors (Lipinski definition) is 2. The van der Waals surface area contributed by atoms with Crippen molar-refractivity contribution in [3.63, 3.8) is 0 Å². The molecular weight excluding hydrogens is 246 g/mol. The van der Waals surface area contributed by atoms with Gasteiger partial charge in [0.15, 0.2) is 0 Å². The number of hydrogen-bond acceptors (Lipinski definition) is 3. The zero-order valence-corrected chi connectivity index (χ0v) is 11.1. The number of carboxylic acids is 1. The first-order valence-electron chi connectivity index (χ1n) is 6.01. The van der Waals surface area contributed by atoms with E-state index in [-0.39, 0.29) is 18.4 Å². The monoisotopic (exact) mass is 263 g/mol. The van der Waals surface area contributed by atoms with Crippen molar-refractivity contribution in [2.75, 3.05) is 0 Å². The number of rotatable bonds is 5. The normalized spacial score (nSPS) is 14.6. The molecule has 0 fully saturated rings. The lowest BCUT2D eigenvalue weighted by Crippen LogP contribution is -2.15. The number of carbonyl (C=O) groups is 1. The van der Waals surface area contributed by atoms with Crippen LogP contribution in [0.3, 0.4) is 0 Å². The Bertz CT molecular complexity index is 549. The molecule has 0 aliphatic carbocycles. The summed E-state index contributed by atoms with van der Waals surface area (Å²) in [5.74, 6) is -0.666. The fourth-order valence-corrected chi connectivity index (χ4v) is 3.25. The van der Waals surface area contributed by atoms with Gasteiger partial charge in [0.25, 0.3) is 0 Å². The third kappa shape index (κ3) is 2.89. The lowest BCUT2D eigenvalue weighted by atomic mass is 9.94. The molecule has 1 heterocycles. The van der Waals surface area contributed by atoms with Crippen LogP contribution in [-0.2, 0) is 4.79 Å². The van der Waals surface area contributed by atoms with Crippen molar-refractivity contribution < 1.29 is 9.90 Å². The maximum Gasteiger partial charge on any atom is 0.303 e. The second kappa shape index (κ2) is 5.50. The van der Waals surface area contributed by atoms with Gasteiger partial charge in [0, 0.05) is 17.2 Å². The first-order chi connectivity index (χ1) is 8.58. The highest BCUT2D eigenvalue weighted by Gasteiger charge is 2.16. The lowest BCUT2D eigenvalue weighted by Gasteiger charge is -2.15. The van der Waals surface area contributed by atoms with E-state index in [0.29, 0.717) is 6.42 Å². The Morgan fingerprint density at radius 2 is 2.17 bits per heavy atom. The highest BCUT2D eigenvalue weighted by molar-refractivity contribution is 7.17. The predicted octanol–water partition coefficient (Wildman–Crippen LogP) is 3.40. The topological polar surface area (TPSA) is 63.3 Å². The van der Waals surface area contributed by atoms with Gasteiger partial charge in [0.05, 0.1) is 0 Å². The van der Waals surface area contributed by atoms with Crippen LogP contribution in [0.1, 0.15) is 31.4 Å². The molecule has 1 aromatic heterocycles. The highest BCUT2D eigenvalue weighted by Crippen LogP contribution is 2.32. The Morgan fingerprint density at radius 3 is 2.89 bits per heavy atom. The standard InChI is InChI=1S/C14H17NO2S/c1-9(7-14(16)17)6-12(15)11-8-18-13-5-3-2-4-10(11)13/h2-5,8-9,12H,6-7,15H2,1H3,(H,16,17). The summed E-state index contributed by atoms with van der Waals surface area (Å²) < 4.78 is 1.23. The van der Waals surface area contributed by atoms with E-state index in [0.717, 1.165) is 5.56 Å². The van der Waals surface area contributed by atoms with E-state index in [4.69, 9.17) is 10.8 Å². The molecular formula is C14H17NO2S. The molecule has 4 heteroatoms. The Hall–Kier alpha value is -1.39. The summed E-state index contributed by atoms with van der Waals surface area (Å²) in [6, 6.07) is 8.09. The maximum atomic E-state index is 10.7. The molecule has 0 bridgehead atoms. The van der Waals surface area contributed by atoms with E-state index < -0.39 is 5.97 Å². The number of benzene rings is 1. The molecule has 0 aliphatic rings. The molecule has 0 aliphatic heterocycles. The number of aliphatic carboxylic acids is 1. The van der Waals surface area contributed by atoms with Crippen molar-refractivity contribution >= 4 is 27.4 Å². The summed E-state index contributed by atoms with van der Waals surface area (Å²) in [6.45, 7) is 1.93. The fourth-order valence-electron chi connectivity index (χ4n) is 2.23. The third-order valence-electron chi connectivity index (χ3n) is 3.09. The van der Waals surface area contributed by atoms with Crippen LogP contribution in [0, 0.1) is 5.92 Å². The minimum atomic E-state index is -0.759. The van der Waals surface area contributed by atoms with Gasteiger partial charge >= 0.3 is 5.97 Å². The molecule has 0 radical (unpaired) electrons. The summed E-state index contributed by atoms with van der Waals surface area (Å²) in [4.78, 5) is 10.7. The highest BCUT2D eigenvalue weighted by atomic mass is 32.1. The molecule has 2 unspecified atom stereocenters. The molecule has 1 aromatic carbocycles. The minimum Gasteiger partial charge on any atom is -0.481 e. The van der Waals surface area contributed by atoms with Gasteiger partial charge < -0.3 is 10.8 Å². The quantitative estimate of drug-likeness (QED) is 0.869. The van der Waals surface area contributed by atoms with Crippen molar-refractivity contribution in [1.29, 1.82) is 0 Å². The van der Waals surface area contributed by atoms with Crippen molar-refractivity contribution in [2.45, 2.75) is 25.8 Å². The van der Waals surface area contributed by atoms with Gasteiger partial charge in [-0.1, -0.05) is 25.1 Å². The van der Waals surface area contributed by atoms with E-state index in [1.807, 2.05) is 19.1 Å². The van der Waals surface area contributed by atoms with Gasteiger partial charge in [-0.2, -0.15) is 0 Å². The summed E-state index contributed by atoms with van der Waals surface area (Å²) in [5, 5.41) is 12.0. The smallest absolute Gasteiger partial charge is 0.303 e. The summed E-state index contributed by atoms with van der Waals surface area (Å²) in [5.41, 5.74) is 7.33. The van der Waals surface area contributed by atoms with Crippen LogP contribution >= 0.6 is 11.3 Å². The maximum absolute atomic E-state index is 10.7. The number of fused-ring (bicyclic) bond motifs is 1. The van der Waals surface area contributed by atoms with Crippen LogP contribution in [0.4, 0.5) is 0 Å². The summed E-state index contributed by atoms with van der Waals surface area (Å²) in [6.07, 6.45) is 0.878. The fraction of sp³-hybridized carbons (Fsp3) is 0.357. The lowest BCUT2D eigenvalue weighted by molar-refractivity contribution is -0.138. The van der Waals surface area contributed by atoms with Crippen LogP contribution in [0.15, 0.2) is 29.6 Å². The molecule has 3 N–H and O–H groups in total. The molecule has 2 rings (SSSR count). The van der Waals surface area contributed by atoms with Gasteiger partial charge in [-0.25, -0.2) is 0 Å². The largest absolute Gasteiger partial charge is 0.481 e. The Morgan fingerprint density at radius 1 is 1.44 bits per heavy atom. The Kier molecular flexibility index (Phi) is 3.99. The number of thiophene rings is 1. The van der Waals surface area contributed by atoms with Crippen molar-refractivity contribution in [3.05, 3.63) is 35.2 Å². The molecule has 96 valence electrons. The first kappa shape index (κ1) is 13.1. The van der Waals surface area contributed by atoms with Crippen LogP contribution in [0.5, 0.6) is 0 Å².